The fraction of sp³-hybridized carbons (Fsp3) is 0.515. The standard InChI is InChI=1S/C66H81FIN12O7P/c1-9-43-12-10-13-46-31-49(87-88-68)32-50(57(43)46)59-58(67)60-51(34-69-59)61(78-37-47-19-20-48(38-78)80(47)65(83)85-66(5,6)7)73-64(72-60)84-29-28-76-26-22-41(23-27-76)30-42-35-77(36-42)55-33-54(86-74-55)56(39(2)3)63(82)79-25-11-14-53(79)62(81)71-40(4)44-15-17-45(18-16-44)52-21-24-70-75(52)8/h10,12-13,15-18,21,24,31-34,39-42,47-48,53,56,88H,9,11,14,19-20,22-23,25-30,35-38H2,1-8H3,(H,71,81). The predicted molar refractivity (Wildman–Crippen MR) is 349 cm³/mol. The normalized spacial score (nSPS) is 20.2. The summed E-state index contributed by atoms with van der Waals surface area (Å²) in [7, 11) is 1.91. The summed E-state index contributed by atoms with van der Waals surface area (Å²) >= 11 is 2.20. The Morgan fingerprint density at radius 1 is 0.898 bits per heavy atom. The minimum atomic E-state index is -0.623. The molecule has 3 aromatic carbocycles. The van der Waals surface area contributed by atoms with Crippen LogP contribution in [0.15, 0.2) is 83.6 Å². The molecule has 2 bridgehead atoms. The molecule has 19 nitrogen and oxygen atoms in total. The molecule has 5 aliphatic rings. The summed E-state index contributed by atoms with van der Waals surface area (Å²) in [6.07, 6.45) is 10.2. The van der Waals surface area contributed by atoms with Gasteiger partial charge in [-0.1, -0.05) is 68.4 Å². The summed E-state index contributed by atoms with van der Waals surface area (Å²) in [5.74, 6) is 2.15. The lowest BCUT2D eigenvalue weighted by molar-refractivity contribution is -0.141. The Kier molecular flexibility index (Phi) is 18.2. The van der Waals surface area contributed by atoms with Crippen molar-refractivity contribution in [3.63, 3.8) is 0 Å². The number of amides is 3. The van der Waals surface area contributed by atoms with Gasteiger partial charge in [-0.15, -0.1) is 0 Å². The van der Waals surface area contributed by atoms with E-state index in [2.05, 4.69) is 65.3 Å². The lowest BCUT2D eigenvalue weighted by atomic mass is 9.83. The minimum absolute atomic E-state index is 0.0694. The highest BCUT2D eigenvalue weighted by atomic mass is 127. The van der Waals surface area contributed by atoms with Crippen molar-refractivity contribution in [3.05, 3.63) is 102 Å². The number of piperidine rings is 1. The van der Waals surface area contributed by atoms with E-state index in [0.717, 1.165) is 110 Å². The van der Waals surface area contributed by atoms with E-state index in [0.29, 0.717) is 79.3 Å². The van der Waals surface area contributed by atoms with Gasteiger partial charge in [-0.25, -0.2) is 9.18 Å². The van der Waals surface area contributed by atoms with Crippen LogP contribution in [-0.2, 0) is 27.8 Å². The smallest absolute Gasteiger partial charge is 0.410 e. The van der Waals surface area contributed by atoms with Crippen molar-refractivity contribution in [2.75, 3.05) is 68.8 Å². The Morgan fingerprint density at radius 2 is 1.66 bits per heavy atom. The van der Waals surface area contributed by atoms with Gasteiger partial charge in [0.25, 0.3) is 0 Å². The number of anilines is 2. The molecule has 12 rings (SSSR count). The second-order valence-corrected chi connectivity index (χ2v) is 27.7. The second-order valence-electron chi connectivity index (χ2n) is 26.0. The third-order valence-corrected chi connectivity index (χ3v) is 19.6. The Hall–Kier alpha value is -6.71. The van der Waals surface area contributed by atoms with E-state index in [1.54, 1.807) is 17.3 Å². The highest BCUT2D eigenvalue weighted by Crippen LogP contribution is 2.43. The summed E-state index contributed by atoms with van der Waals surface area (Å²) in [5.41, 5.74) is 4.45. The van der Waals surface area contributed by atoms with Crippen molar-refractivity contribution in [3.8, 4) is 34.3 Å². The number of piperazine rings is 1. The SMILES string of the molecule is CCc1cccc2cc(OPI)cc(-c3ncc4c(N5CC6CCC(C5)N6C(=O)OC(C)(C)C)nc(OCCN5CCC(CC6CN(c7cc(C(C(=O)N8CCCC8C(=O)NC(C)c8ccc(-c9ccnn9C)cc8)C(C)C)on7)C6)CC5)nc4c3F)c12. The van der Waals surface area contributed by atoms with Gasteiger partial charge in [0.05, 0.1) is 29.2 Å². The van der Waals surface area contributed by atoms with E-state index >= 15 is 4.39 Å². The molecule has 5 saturated heterocycles. The first kappa shape index (κ1) is 61.5. The number of benzene rings is 3. The van der Waals surface area contributed by atoms with Crippen LogP contribution in [0, 0.1) is 23.6 Å². The van der Waals surface area contributed by atoms with Crippen molar-refractivity contribution < 1.29 is 37.3 Å². The first-order valence-corrected chi connectivity index (χ1v) is 35.4. The molecule has 4 aromatic heterocycles. The zero-order valence-electron chi connectivity index (χ0n) is 51.7. The van der Waals surface area contributed by atoms with Crippen molar-refractivity contribution in [1.29, 1.82) is 0 Å². The van der Waals surface area contributed by atoms with E-state index in [1.807, 2.05) is 119 Å². The Bertz CT molecular complexity index is 3660. The lowest BCUT2D eigenvalue weighted by Crippen LogP contribution is -2.57. The van der Waals surface area contributed by atoms with Crippen LogP contribution in [0.5, 0.6) is 11.8 Å². The van der Waals surface area contributed by atoms with Gasteiger partial charge in [0, 0.05) is 70.3 Å². The Labute approximate surface area is 529 Å². The topological polar surface area (TPSA) is 190 Å². The van der Waals surface area contributed by atoms with Crippen LogP contribution < -0.4 is 24.4 Å². The van der Waals surface area contributed by atoms with Gasteiger partial charge in [0.1, 0.15) is 53.4 Å². The number of carbonyl (C=O) groups excluding carboxylic acids is 3. The first-order chi connectivity index (χ1) is 42.4. The zero-order valence-corrected chi connectivity index (χ0v) is 54.8. The summed E-state index contributed by atoms with van der Waals surface area (Å²) in [6.45, 7) is 20.1. The van der Waals surface area contributed by atoms with Crippen LogP contribution in [0.25, 0.3) is 44.2 Å². The van der Waals surface area contributed by atoms with Crippen LogP contribution in [0.2, 0.25) is 0 Å². The molecule has 6 atom stereocenters. The van der Waals surface area contributed by atoms with Crippen molar-refractivity contribution in [2.24, 2.45) is 24.8 Å². The molecule has 9 heterocycles. The number of halogens is 2. The lowest BCUT2D eigenvalue weighted by Gasteiger charge is -2.42. The number of carbonyl (C=O) groups is 3. The van der Waals surface area contributed by atoms with Crippen molar-refractivity contribution in [1.82, 2.24) is 49.9 Å². The van der Waals surface area contributed by atoms with Crippen LogP contribution in [0.1, 0.15) is 122 Å². The number of hydrogen-bond acceptors (Lipinski definition) is 15. The number of nitrogens with one attached hydrogen (secondary N) is 1. The van der Waals surface area contributed by atoms with Crippen LogP contribution in [0.3, 0.4) is 0 Å². The number of aromatic nitrogens is 6. The number of hydrogen-bond donors (Lipinski definition) is 1. The average Bonchev–Trinajstić information content (AvgIpc) is 1.16. The molecule has 466 valence electrons. The quantitative estimate of drug-likeness (QED) is 0.0594. The molecule has 22 heteroatoms. The average molecular weight is 1330 g/mol. The van der Waals surface area contributed by atoms with Gasteiger partial charge in [-0.2, -0.15) is 15.1 Å². The summed E-state index contributed by atoms with van der Waals surface area (Å²) in [4.78, 5) is 66.9. The van der Waals surface area contributed by atoms with Crippen LogP contribution in [0.4, 0.5) is 20.8 Å². The number of likely N-dealkylation sites (tertiary alicyclic amines) is 2. The highest BCUT2D eigenvalue weighted by Gasteiger charge is 2.46. The molecule has 0 spiro atoms. The van der Waals surface area contributed by atoms with Crippen molar-refractivity contribution in [2.45, 2.75) is 136 Å². The largest absolute Gasteiger partial charge is 0.467 e. The van der Waals surface area contributed by atoms with Gasteiger partial charge >= 0.3 is 12.1 Å². The molecule has 6 unspecified atom stereocenters. The molecule has 7 aromatic rings. The molecule has 3 amide bonds. The zero-order chi connectivity index (χ0) is 61.5. The molecule has 5 fully saturated rings. The van der Waals surface area contributed by atoms with Gasteiger partial charge in [0.15, 0.2) is 17.4 Å². The number of rotatable bonds is 19. The van der Waals surface area contributed by atoms with E-state index in [-0.39, 0.29) is 65.6 Å². The molecule has 1 N–H and O–H groups in total. The minimum Gasteiger partial charge on any atom is -0.467 e. The number of pyridine rings is 1. The van der Waals surface area contributed by atoms with Crippen molar-refractivity contribution >= 4 is 79.7 Å². The fourth-order valence-corrected chi connectivity index (χ4v) is 15.1. The maximum Gasteiger partial charge on any atom is 0.410 e. The van der Waals surface area contributed by atoms with E-state index in [4.69, 9.17) is 33.5 Å². The summed E-state index contributed by atoms with van der Waals surface area (Å²) in [5, 5.41) is 14.3. The van der Waals surface area contributed by atoms with Crippen LogP contribution in [-0.4, -0.2) is 145 Å². The van der Waals surface area contributed by atoms with Gasteiger partial charge in [0.2, 0.25) is 11.8 Å². The molecular weight excluding hydrogens is 1250 g/mol. The van der Waals surface area contributed by atoms with E-state index < -0.39 is 23.4 Å². The third-order valence-electron chi connectivity index (χ3n) is 18.6. The molecule has 0 radical (unpaired) electrons. The van der Waals surface area contributed by atoms with E-state index in [9.17, 15) is 14.4 Å². The highest BCUT2D eigenvalue weighted by molar-refractivity contribution is 14.2. The number of aryl methyl sites for hydroxylation is 2. The number of nitrogens with zero attached hydrogens (tertiary/aromatic N) is 11. The molecule has 88 heavy (non-hydrogen) atoms. The second kappa shape index (κ2) is 26.0. The maximum absolute atomic E-state index is 17.6. The van der Waals surface area contributed by atoms with E-state index in [1.165, 1.54) is 0 Å². The summed E-state index contributed by atoms with van der Waals surface area (Å²) < 4.78 is 43.7. The first-order valence-electron chi connectivity index (χ1n) is 31.4. The number of ether oxygens (including phenoxy) is 2. The third kappa shape index (κ3) is 12.9. The molecular formula is C66H81FIN12O7P. The number of fused-ring (bicyclic) bond motifs is 4. The predicted octanol–water partition coefficient (Wildman–Crippen LogP) is 12.1. The van der Waals surface area contributed by atoms with Gasteiger partial charge < -0.3 is 38.5 Å². The molecule has 0 saturated carbocycles. The Balaban J connectivity index is 0.661. The molecule has 0 aliphatic carbocycles. The molecule has 5 aliphatic heterocycles. The van der Waals surface area contributed by atoms with Gasteiger partial charge in [-0.3, -0.25) is 29.1 Å². The van der Waals surface area contributed by atoms with Crippen LogP contribution >= 0.6 is 28.5 Å². The maximum atomic E-state index is 17.6. The summed E-state index contributed by atoms with van der Waals surface area (Å²) in [6, 6.07) is 21.1. The fourth-order valence-electron chi connectivity index (χ4n) is 14.1. The Morgan fingerprint density at radius 3 is 2.35 bits per heavy atom. The van der Waals surface area contributed by atoms with Gasteiger partial charge in [-0.05, 0) is 178 Å². The monoisotopic (exact) mass is 1330 g/mol.